The van der Waals surface area contributed by atoms with Crippen LogP contribution in [0.2, 0.25) is 0 Å². The molecule has 0 saturated carbocycles. The van der Waals surface area contributed by atoms with Crippen molar-refractivity contribution in [2.45, 2.75) is 38.9 Å². The molecule has 1 fully saturated rings. The molecule has 0 unspecified atom stereocenters. The van der Waals surface area contributed by atoms with Crippen molar-refractivity contribution in [2.75, 3.05) is 12.4 Å². The fourth-order valence-electron chi connectivity index (χ4n) is 2.60. The summed E-state index contributed by atoms with van der Waals surface area (Å²) in [4.78, 5) is 16.5. The topological polar surface area (TPSA) is 69.7 Å². The van der Waals surface area contributed by atoms with Gasteiger partial charge in [-0.1, -0.05) is 12.1 Å². The number of benzene rings is 1. The van der Waals surface area contributed by atoms with Gasteiger partial charge >= 0.3 is 7.12 Å². The van der Waals surface area contributed by atoms with E-state index in [1.165, 1.54) is 13.3 Å². The number of anilines is 1. The van der Waals surface area contributed by atoms with Crippen LogP contribution < -0.4 is 15.5 Å². The lowest BCUT2D eigenvalue weighted by molar-refractivity contribution is 0.00578. The molecule has 0 bridgehead atoms. The van der Waals surface area contributed by atoms with E-state index in [-0.39, 0.29) is 5.91 Å². The van der Waals surface area contributed by atoms with E-state index in [1.807, 2.05) is 52.0 Å². The van der Waals surface area contributed by atoms with Gasteiger partial charge in [0.05, 0.1) is 30.1 Å². The Labute approximate surface area is 154 Å². The number of nitrogens with zero attached hydrogens (tertiary/aromatic N) is 1. The molecule has 1 N–H and O–H groups in total. The highest BCUT2D eigenvalue weighted by atomic mass is 16.7. The number of carbonyl (C=O) groups excluding carboxylic acids is 1. The molecule has 26 heavy (non-hydrogen) atoms. The predicted molar refractivity (Wildman–Crippen MR) is 101 cm³/mol. The van der Waals surface area contributed by atoms with Gasteiger partial charge in [-0.15, -0.1) is 0 Å². The van der Waals surface area contributed by atoms with E-state index >= 15 is 0 Å². The first-order valence-electron chi connectivity index (χ1n) is 8.48. The molecule has 3 rings (SSSR count). The number of aromatic nitrogens is 1. The van der Waals surface area contributed by atoms with Crippen LogP contribution in [0.25, 0.3) is 0 Å². The number of methoxy groups -OCH3 is 1. The minimum atomic E-state index is -0.477. The number of hydrogen-bond donors (Lipinski definition) is 1. The van der Waals surface area contributed by atoms with Gasteiger partial charge in [-0.25, -0.2) is 0 Å². The lowest BCUT2D eigenvalue weighted by atomic mass is 9.79. The highest BCUT2D eigenvalue weighted by Crippen LogP contribution is 2.36. The number of rotatable bonds is 4. The first kappa shape index (κ1) is 18.4. The molecule has 0 radical (unpaired) electrons. The Bertz CT molecular complexity index is 807. The van der Waals surface area contributed by atoms with Gasteiger partial charge in [-0.3, -0.25) is 9.78 Å². The second-order valence-corrected chi connectivity index (χ2v) is 7.28. The molecule has 136 valence electrons. The van der Waals surface area contributed by atoms with Crippen molar-refractivity contribution in [3.05, 3.63) is 48.3 Å². The van der Waals surface area contributed by atoms with Crippen LogP contribution in [0, 0.1) is 0 Å². The van der Waals surface area contributed by atoms with Gasteiger partial charge in [-0.2, -0.15) is 0 Å². The SMILES string of the molecule is COc1cncc(C(=O)Nc2cccc(B3OC(C)(C)C(C)(C)O3)c2)c1. The fraction of sp³-hybridized carbons (Fsp3) is 0.368. The maximum Gasteiger partial charge on any atom is 0.494 e. The summed E-state index contributed by atoms with van der Waals surface area (Å²) in [5.74, 6) is 0.270. The molecule has 1 aromatic carbocycles. The summed E-state index contributed by atoms with van der Waals surface area (Å²) in [6.45, 7) is 8.03. The van der Waals surface area contributed by atoms with Crippen LogP contribution in [0.1, 0.15) is 38.1 Å². The minimum absolute atomic E-state index is 0.262. The number of carbonyl (C=O) groups is 1. The van der Waals surface area contributed by atoms with Crippen LogP contribution in [0.15, 0.2) is 42.7 Å². The van der Waals surface area contributed by atoms with Crippen molar-refractivity contribution >= 4 is 24.2 Å². The summed E-state index contributed by atoms with van der Waals surface area (Å²) in [6.07, 6.45) is 3.05. The van der Waals surface area contributed by atoms with Crippen molar-refractivity contribution in [3.63, 3.8) is 0 Å². The quantitative estimate of drug-likeness (QED) is 0.855. The first-order chi connectivity index (χ1) is 12.2. The van der Waals surface area contributed by atoms with E-state index in [4.69, 9.17) is 14.0 Å². The Morgan fingerprint density at radius 2 is 1.81 bits per heavy atom. The number of nitrogens with one attached hydrogen (secondary N) is 1. The molecule has 2 heterocycles. The maximum absolute atomic E-state index is 12.5. The molecule has 7 heteroatoms. The van der Waals surface area contributed by atoms with E-state index in [2.05, 4.69) is 10.3 Å². The van der Waals surface area contributed by atoms with Crippen LogP contribution in [0.5, 0.6) is 5.75 Å². The van der Waals surface area contributed by atoms with Crippen molar-refractivity contribution in [2.24, 2.45) is 0 Å². The number of ether oxygens (including phenoxy) is 1. The molecule has 1 aliphatic heterocycles. The molecule has 0 atom stereocenters. The predicted octanol–water partition coefficient (Wildman–Crippen LogP) is 2.64. The molecule has 6 nitrogen and oxygen atoms in total. The average molecular weight is 354 g/mol. The van der Waals surface area contributed by atoms with E-state index in [1.54, 1.807) is 12.3 Å². The Morgan fingerprint density at radius 1 is 1.12 bits per heavy atom. The zero-order valence-electron chi connectivity index (χ0n) is 15.7. The molecule has 1 aromatic heterocycles. The lowest BCUT2D eigenvalue weighted by Gasteiger charge is -2.32. The van der Waals surface area contributed by atoms with E-state index in [0.29, 0.717) is 17.0 Å². The second-order valence-electron chi connectivity index (χ2n) is 7.28. The van der Waals surface area contributed by atoms with Gasteiger partial charge in [0.1, 0.15) is 5.75 Å². The van der Waals surface area contributed by atoms with Crippen LogP contribution in [0.4, 0.5) is 5.69 Å². The monoisotopic (exact) mass is 354 g/mol. The zero-order valence-corrected chi connectivity index (χ0v) is 15.7. The minimum Gasteiger partial charge on any atom is -0.495 e. The van der Waals surface area contributed by atoms with Gasteiger partial charge in [-0.05, 0) is 51.4 Å². The first-order valence-corrected chi connectivity index (χ1v) is 8.48. The van der Waals surface area contributed by atoms with Gasteiger partial charge in [0, 0.05) is 11.9 Å². The molecule has 1 saturated heterocycles. The number of pyridine rings is 1. The maximum atomic E-state index is 12.5. The zero-order chi connectivity index (χ0) is 18.9. The Kier molecular flexibility index (Phi) is 4.77. The Balaban J connectivity index is 1.77. The van der Waals surface area contributed by atoms with Crippen molar-refractivity contribution < 1.29 is 18.8 Å². The number of amides is 1. The molecule has 2 aromatic rings. The van der Waals surface area contributed by atoms with E-state index < -0.39 is 18.3 Å². The lowest BCUT2D eigenvalue weighted by Crippen LogP contribution is -2.41. The third-order valence-corrected chi connectivity index (χ3v) is 4.88. The summed E-state index contributed by atoms with van der Waals surface area (Å²) in [5, 5.41) is 2.87. The molecule has 0 aliphatic carbocycles. The molecule has 1 amide bonds. The fourth-order valence-corrected chi connectivity index (χ4v) is 2.60. The summed E-state index contributed by atoms with van der Waals surface area (Å²) < 4.78 is 17.2. The van der Waals surface area contributed by atoms with Crippen LogP contribution in [0.3, 0.4) is 0 Å². The smallest absolute Gasteiger partial charge is 0.494 e. The van der Waals surface area contributed by atoms with Gasteiger partial charge in [0.2, 0.25) is 0 Å². The van der Waals surface area contributed by atoms with Crippen LogP contribution in [-0.2, 0) is 9.31 Å². The third kappa shape index (κ3) is 3.59. The third-order valence-electron chi connectivity index (χ3n) is 4.88. The molecular weight excluding hydrogens is 331 g/mol. The highest BCUT2D eigenvalue weighted by Gasteiger charge is 2.51. The van der Waals surface area contributed by atoms with Crippen molar-refractivity contribution in [1.29, 1.82) is 0 Å². The highest BCUT2D eigenvalue weighted by molar-refractivity contribution is 6.62. The Morgan fingerprint density at radius 3 is 2.46 bits per heavy atom. The standard InChI is InChI=1S/C19H23BN2O4/c1-18(2)19(3,4)26-20(25-18)14-7-6-8-15(10-14)22-17(23)13-9-16(24-5)12-21-11-13/h6-12H,1-5H3,(H,22,23). The van der Waals surface area contributed by atoms with Gasteiger partial charge < -0.3 is 19.4 Å². The van der Waals surface area contributed by atoms with E-state index in [9.17, 15) is 4.79 Å². The van der Waals surface area contributed by atoms with Gasteiger partial charge in [0.15, 0.2) is 0 Å². The van der Waals surface area contributed by atoms with Crippen LogP contribution in [-0.4, -0.2) is 36.3 Å². The number of hydrogen-bond acceptors (Lipinski definition) is 5. The summed E-state index contributed by atoms with van der Waals surface area (Å²) >= 11 is 0. The normalized spacial score (nSPS) is 17.8. The van der Waals surface area contributed by atoms with Crippen molar-refractivity contribution in [1.82, 2.24) is 4.98 Å². The molecule has 0 spiro atoms. The van der Waals surface area contributed by atoms with Crippen LogP contribution >= 0.6 is 0 Å². The van der Waals surface area contributed by atoms with Crippen molar-refractivity contribution in [3.8, 4) is 5.75 Å². The molecular formula is C19H23BN2O4. The summed E-state index contributed by atoms with van der Waals surface area (Å²) in [6, 6.07) is 9.10. The average Bonchev–Trinajstić information content (AvgIpc) is 2.83. The van der Waals surface area contributed by atoms with Gasteiger partial charge in [0.25, 0.3) is 5.91 Å². The summed E-state index contributed by atoms with van der Waals surface area (Å²) in [5.41, 5.74) is 1.10. The van der Waals surface area contributed by atoms with E-state index in [0.717, 1.165) is 5.46 Å². The Hall–Kier alpha value is -2.38. The second kappa shape index (κ2) is 6.74. The largest absolute Gasteiger partial charge is 0.495 e. The summed E-state index contributed by atoms with van der Waals surface area (Å²) in [7, 11) is 1.06. The molecule has 1 aliphatic rings.